The minimum Gasteiger partial charge on any atom is -0.496 e. The van der Waals surface area contributed by atoms with Crippen LogP contribution >= 0.6 is 50.1 Å². The molecular formula is C14H9BrClIO2. The van der Waals surface area contributed by atoms with Crippen LogP contribution in [0.15, 0.2) is 40.9 Å². The van der Waals surface area contributed by atoms with E-state index in [2.05, 4.69) is 38.5 Å². The third kappa shape index (κ3) is 3.49. The molecule has 0 atom stereocenters. The van der Waals surface area contributed by atoms with Crippen molar-refractivity contribution in [3.63, 3.8) is 0 Å². The van der Waals surface area contributed by atoms with Gasteiger partial charge in [-0.15, -0.1) is 0 Å². The zero-order valence-electron chi connectivity index (χ0n) is 9.91. The maximum Gasteiger partial charge on any atom is 0.196 e. The number of methoxy groups -OCH3 is 1. The van der Waals surface area contributed by atoms with Gasteiger partial charge in [-0.05, 0) is 59.0 Å². The van der Waals surface area contributed by atoms with Crippen molar-refractivity contribution < 1.29 is 9.53 Å². The first-order chi connectivity index (χ1) is 9.01. The van der Waals surface area contributed by atoms with Crippen LogP contribution in [0.3, 0.4) is 0 Å². The van der Waals surface area contributed by atoms with Gasteiger partial charge in [-0.25, -0.2) is 0 Å². The summed E-state index contributed by atoms with van der Waals surface area (Å²) in [6.07, 6.45) is 0. The molecule has 0 aliphatic carbocycles. The molecule has 2 aromatic carbocycles. The Labute approximate surface area is 138 Å². The van der Waals surface area contributed by atoms with Gasteiger partial charge in [0.15, 0.2) is 5.78 Å². The molecule has 2 rings (SSSR count). The average molecular weight is 451 g/mol. The second kappa shape index (κ2) is 6.24. The SMILES string of the molecule is COc1ccc(I)cc1C(=O)c1cc(Cl)cc(Br)c1. The number of ether oxygens (including phenoxy) is 1. The Morgan fingerprint density at radius 2 is 2.00 bits per heavy atom. The highest BCUT2D eigenvalue weighted by Gasteiger charge is 2.16. The van der Waals surface area contributed by atoms with Gasteiger partial charge in [0.1, 0.15) is 5.75 Å². The largest absolute Gasteiger partial charge is 0.496 e. The molecule has 0 radical (unpaired) electrons. The number of hydrogen-bond acceptors (Lipinski definition) is 2. The van der Waals surface area contributed by atoms with Crippen LogP contribution in [0.4, 0.5) is 0 Å². The van der Waals surface area contributed by atoms with Gasteiger partial charge in [0.05, 0.1) is 12.7 Å². The number of carbonyl (C=O) groups excluding carboxylic acids is 1. The van der Waals surface area contributed by atoms with E-state index in [-0.39, 0.29) is 5.78 Å². The predicted molar refractivity (Wildman–Crippen MR) is 88.3 cm³/mol. The first-order valence-electron chi connectivity index (χ1n) is 5.35. The van der Waals surface area contributed by atoms with Crippen LogP contribution < -0.4 is 4.74 Å². The number of carbonyl (C=O) groups is 1. The van der Waals surface area contributed by atoms with Crippen LogP contribution in [0, 0.1) is 3.57 Å². The van der Waals surface area contributed by atoms with Gasteiger partial charge in [-0.3, -0.25) is 4.79 Å². The van der Waals surface area contributed by atoms with E-state index in [1.54, 1.807) is 37.4 Å². The van der Waals surface area contributed by atoms with Crippen LogP contribution in [-0.4, -0.2) is 12.9 Å². The molecule has 2 nitrogen and oxygen atoms in total. The third-order valence-corrected chi connectivity index (χ3v) is 3.88. The molecule has 0 unspecified atom stereocenters. The molecule has 98 valence electrons. The van der Waals surface area contributed by atoms with Crippen LogP contribution in [-0.2, 0) is 0 Å². The number of ketones is 1. The fourth-order valence-corrected chi connectivity index (χ4v) is 3.05. The highest BCUT2D eigenvalue weighted by molar-refractivity contribution is 14.1. The first kappa shape index (κ1) is 14.8. The lowest BCUT2D eigenvalue weighted by atomic mass is 10.0. The Kier molecular flexibility index (Phi) is 4.86. The van der Waals surface area contributed by atoms with Gasteiger partial charge in [0.2, 0.25) is 0 Å². The minimum atomic E-state index is -0.112. The van der Waals surface area contributed by atoms with E-state index < -0.39 is 0 Å². The maximum atomic E-state index is 12.5. The normalized spacial score (nSPS) is 10.3. The quantitative estimate of drug-likeness (QED) is 0.488. The molecule has 0 N–H and O–H groups in total. The summed E-state index contributed by atoms with van der Waals surface area (Å²) in [6.45, 7) is 0. The first-order valence-corrected chi connectivity index (χ1v) is 7.60. The van der Waals surface area contributed by atoms with Crippen molar-refractivity contribution in [2.75, 3.05) is 7.11 Å². The summed E-state index contributed by atoms with van der Waals surface area (Å²) in [7, 11) is 1.55. The third-order valence-electron chi connectivity index (χ3n) is 2.53. The Bertz CT molecular complexity index is 623. The van der Waals surface area contributed by atoms with Crippen LogP contribution in [0.5, 0.6) is 5.75 Å². The van der Waals surface area contributed by atoms with Crippen molar-refractivity contribution in [3.05, 3.63) is 60.6 Å². The average Bonchev–Trinajstić information content (AvgIpc) is 2.36. The lowest BCUT2D eigenvalue weighted by Crippen LogP contribution is -2.04. The number of rotatable bonds is 3. The molecule has 0 aromatic heterocycles. The second-order valence-corrected chi connectivity index (χ2v) is 6.43. The van der Waals surface area contributed by atoms with E-state index in [1.165, 1.54) is 0 Å². The molecule has 2 aromatic rings. The van der Waals surface area contributed by atoms with Gasteiger partial charge >= 0.3 is 0 Å². The zero-order valence-corrected chi connectivity index (χ0v) is 14.4. The summed E-state index contributed by atoms with van der Waals surface area (Å²) in [5.74, 6) is 0.445. The van der Waals surface area contributed by atoms with E-state index in [0.29, 0.717) is 21.9 Å². The summed E-state index contributed by atoms with van der Waals surface area (Å²) < 4.78 is 6.98. The number of halogens is 3. The summed E-state index contributed by atoms with van der Waals surface area (Å²) >= 11 is 11.5. The van der Waals surface area contributed by atoms with Crippen molar-refractivity contribution >= 4 is 55.9 Å². The zero-order chi connectivity index (χ0) is 14.0. The van der Waals surface area contributed by atoms with Gasteiger partial charge in [-0.1, -0.05) is 27.5 Å². The van der Waals surface area contributed by atoms with Crippen LogP contribution in [0.25, 0.3) is 0 Å². The highest BCUT2D eigenvalue weighted by atomic mass is 127. The molecule has 0 amide bonds. The number of benzene rings is 2. The van der Waals surface area contributed by atoms with E-state index in [4.69, 9.17) is 16.3 Å². The van der Waals surface area contributed by atoms with Gasteiger partial charge < -0.3 is 4.74 Å². The fraction of sp³-hybridized carbons (Fsp3) is 0.0714. The summed E-state index contributed by atoms with van der Waals surface area (Å²) in [6, 6.07) is 10.6. The molecule has 0 aliphatic rings. The lowest BCUT2D eigenvalue weighted by Gasteiger charge is -2.09. The second-order valence-electron chi connectivity index (χ2n) is 3.83. The van der Waals surface area contributed by atoms with Crippen LogP contribution in [0.1, 0.15) is 15.9 Å². The number of hydrogen-bond donors (Lipinski definition) is 0. The van der Waals surface area contributed by atoms with Crippen molar-refractivity contribution in [2.45, 2.75) is 0 Å². The van der Waals surface area contributed by atoms with E-state index in [1.807, 2.05) is 6.07 Å². The Morgan fingerprint density at radius 1 is 1.26 bits per heavy atom. The van der Waals surface area contributed by atoms with Gasteiger partial charge in [0.25, 0.3) is 0 Å². The summed E-state index contributed by atoms with van der Waals surface area (Å²) in [5, 5.41) is 0.516. The molecular weight excluding hydrogens is 442 g/mol. The van der Waals surface area contributed by atoms with Crippen LogP contribution in [0.2, 0.25) is 5.02 Å². The topological polar surface area (TPSA) is 26.3 Å². The summed E-state index contributed by atoms with van der Waals surface area (Å²) in [4.78, 5) is 12.5. The van der Waals surface area contributed by atoms with Crippen molar-refractivity contribution in [2.24, 2.45) is 0 Å². The molecule has 0 spiro atoms. The van der Waals surface area contributed by atoms with E-state index in [0.717, 1.165) is 8.04 Å². The van der Waals surface area contributed by atoms with Gasteiger partial charge in [-0.2, -0.15) is 0 Å². The monoisotopic (exact) mass is 450 g/mol. The standard InChI is InChI=1S/C14H9BrClIO2/c1-19-13-3-2-11(17)7-12(13)14(18)8-4-9(15)6-10(16)5-8/h2-7H,1H3. The molecule has 19 heavy (non-hydrogen) atoms. The lowest BCUT2D eigenvalue weighted by molar-refractivity contribution is 0.103. The fourth-order valence-electron chi connectivity index (χ4n) is 1.70. The van der Waals surface area contributed by atoms with Crippen molar-refractivity contribution in [1.29, 1.82) is 0 Å². The molecule has 0 aliphatic heterocycles. The molecule has 0 fully saturated rings. The van der Waals surface area contributed by atoms with Gasteiger partial charge in [0, 0.05) is 18.6 Å². The Morgan fingerprint density at radius 3 is 2.63 bits per heavy atom. The predicted octanol–water partition coefficient (Wildman–Crippen LogP) is 4.95. The summed E-state index contributed by atoms with van der Waals surface area (Å²) in [5.41, 5.74) is 1.06. The van der Waals surface area contributed by atoms with Crippen molar-refractivity contribution in [3.8, 4) is 5.75 Å². The molecule has 0 saturated heterocycles. The highest BCUT2D eigenvalue weighted by Crippen LogP contribution is 2.26. The molecule has 0 heterocycles. The van der Waals surface area contributed by atoms with Crippen molar-refractivity contribution in [1.82, 2.24) is 0 Å². The van der Waals surface area contributed by atoms with E-state index in [9.17, 15) is 4.79 Å². The minimum absolute atomic E-state index is 0.112. The molecule has 0 bridgehead atoms. The molecule has 5 heteroatoms. The Hall–Kier alpha value is -0.590. The maximum absolute atomic E-state index is 12.5. The molecule has 0 saturated carbocycles. The Balaban J connectivity index is 2.52. The smallest absolute Gasteiger partial charge is 0.196 e. The van der Waals surface area contributed by atoms with E-state index >= 15 is 0 Å².